The van der Waals surface area contributed by atoms with Crippen LogP contribution in [0.5, 0.6) is 5.75 Å². The Morgan fingerprint density at radius 3 is 2.68 bits per heavy atom. The van der Waals surface area contributed by atoms with Gasteiger partial charge in [0.05, 0.1) is 4.47 Å². The lowest BCUT2D eigenvalue weighted by molar-refractivity contribution is 0.0945. The molecule has 0 aliphatic heterocycles. The van der Waals surface area contributed by atoms with Gasteiger partial charge in [-0.15, -0.1) is 0 Å². The van der Waals surface area contributed by atoms with Crippen LogP contribution in [0, 0.1) is 0 Å². The minimum Gasteiger partial charge on any atom is -0.507 e. The lowest BCUT2D eigenvalue weighted by Gasteiger charge is -2.06. The maximum absolute atomic E-state index is 11.8. The standard InChI is InChI=1S/C13H10BrClN2O2/c14-10-7-16-11(5-12(10)18)13(19)17-6-8-1-3-9(15)4-2-8/h1-5,7H,6H2,(H,16,18)(H,17,19). The Morgan fingerprint density at radius 1 is 1.37 bits per heavy atom. The van der Waals surface area contributed by atoms with Crippen LogP contribution in [0.3, 0.4) is 0 Å². The summed E-state index contributed by atoms with van der Waals surface area (Å²) in [5.41, 5.74) is 1.09. The van der Waals surface area contributed by atoms with Crippen LogP contribution in [0.2, 0.25) is 5.02 Å². The first-order valence-electron chi connectivity index (χ1n) is 5.43. The number of carbonyl (C=O) groups is 1. The first kappa shape index (κ1) is 13.8. The Kier molecular flexibility index (Phi) is 4.39. The minimum atomic E-state index is -0.349. The fraction of sp³-hybridized carbons (Fsp3) is 0.0769. The first-order chi connectivity index (χ1) is 9.06. The monoisotopic (exact) mass is 340 g/mol. The molecule has 0 spiro atoms. The molecule has 6 heteroatoms. The van der Waals surface area contributed by atoms with Crippen molar-refractivity contribution >= 4 is 33.4 Å². The molecule has 2 aromatic rings. The number of pyridine rings is 1. The maximum atomic E-state index is 11.8. The van der Waals surface area contributed by atoms with Crippen LogP contribution in [0.1, 0.15) is 16.1 Å². The molecule has 0 saturated carbocycles. The summed E-state index contributed by atoms with van der Waals surface area (Å²) in [4.78, 5) is 15.7. The number of rotatable bonds is 3. The lowest BCUT2D eigenvalue weighted by Crippen LogP contribution is -2.23. The van der Waals surface area contributed by atoms with E-state index in [1.54, 1.807) is 12.1 Å². The van der Waals surface area contributed by atoms with Gasteiger partial charge in [-0.2, -0.15) is 0 Å². The zero-order valence-electron chi connectivity index (χ0n) is 9.73. The molecule has 1 amide bonds. The molecule has 0 aliphatic carbocycles. The Bertz CT molecular complexity index is 602. The van der Waals surface area contributed by atoms with Crippen LogP contribution in [0.4, 0.5) is 0 Å². The summed E-state index contributed by atoms with van der Waals surface area (Å²) in [5, 5.41) is 12.8. The smallest absolute Gasteiger partial charge is 0.270 e. The molecule has 0 radical (unpaired) electrons. The Hall–Kier alpha value is -1.59. The fourth-order valence-electron chi connectivity index (χ4n) is 1.43. The Balaban J connectivity index is 2.01. The summed E-state index contributed by atoms with van der Waals surface area (Å²) in [7, 11) is 0. The molecule has 19 heavy (non-hydrogen) atoms. The van der Waals surface area contributed by atoms with E-state index in [2.05, 4.69) is 26.2 Å². The van der Waals surface area contributed by atoms with Crippen LogP contribution in [-0.4, -0.2) is 16.0 Å². The fourth-order valence-corrected chi connectivity index (χ4v) is 1.77. The van der Waals surface area contributed by atoms with E-state index in [-0.39, 0.29) is 17.4 Å². The van der Waals surface area contributed by atoms with Crippen LogP contribution in [-0.2, 0) is 6.54 Å². The number of aromatic hydroxyl groups is 1. The van der Waals surface area contributed by atoms with Crippen molar-refractivity contribution in [1.82, 2.24) is 10.3 Å². The highest BCUT2D eigenvalue weighted by atomic mass is 79.9. The molecule has 1 aromatic heterocycles. The highest BCUT2D eigenvalue weighted by molar-refractivity contribution is 9.10. The number of halogens is 2. The van der Waals surface area contributed by atoms with Gasteiger partial charge in [-0.05, 0) is 33.6 Å². The second-order valence-corrected chi connectivity index (χ2v) is 5.12. The molecule has 0 fully saturated rings. The summed E-state index contributed by atoms with van der Waals surface area (Å²) >= 11 is 8.88. The largest absolute Gasteiger partial charge is 0.507 e. The number of amides is 1. The molecular weight excluding hydrogens is 332 g/mol. The number of hydrogen-bond acceptors (Lipinski definition) is 3. The number of nitrogens with one attached hydrogen (secondary N) is 1. The van der Waals surface area contributed by atoms with E-state index >= 15 is 0 Å². The lowest BCUT2D eigenvalue weighted by atomic mass is 10.2. The zero-order chi connectivity index (χ0) is 13.8. The Labute approximate surface area is 123 Å². The molecule has 98 valence electrons. The van der Waals surface area contributed by atoms with E-state index in [4.69, 9.17) is 11.6 Å². The molecule has 4 nitrogen and oxygen atoms in total. The molecule has 0 bridgehead atoms. The van der Waals surface area contributed by atoms with Crippen molar-refractivity contribution in [3.8, 4) is 5.75 Å². The maximum Gasteiger partial charge on any atom is 0.270 e. The summed E-state index contributed by atoms with van der Waals surface area (Å²) in [6.45, 7) is 0.370. The average molecular weight is 342 g/mol. The summed E-state index contributed by atoms with van der Waals surface area (Å²) < 4.78 is 0.446. The Morgan fingerprint density at radius 2 is 2.05 bits per heavy atom. The van der Waals surface area contributed by atoms with Crippen molar-refractivity contribution in [2.24, 2.45) is 0 Å². The van der Waals surface area contributed by atoms with Crippen LogP contribution < -0.4 is 5.32 Å². The second-order valence-electron chi connectivity index (χ2n) is 3.83. The quantitative estimate of drug-likeness (QED) is 0.901. The van der Waals surface area contributed by atoms with E-state index in [9.17, 15) is 9.90 Å². The van der Waals surface area contributed by atoms with E-state index < -0.39 is 0 Å². The zero-order valence-corrected chi connectivity index (χ0v) is 12.1. The van der Waals surface area contributed by atoms with Gasteiger partial charge in [-0.25, -0.2) is 4.98 Å². The highest BCUT2D eigenvalue weighted by Gasteiger charge is 2.09. The summed E-state index contributed by atoms with van der Waals surface area (Å²) in [5.74, 6) is -0.371. The third-order valence-electron chi connectivity index (χ3n) is 2.43. The number of nitrogens with zero attached hydrogens (tertiary/aromatic N) is 1. The van der Waals surface area contributed by atoms with E-state index in [0.29, 0.717) is 16.0 Å². The second kappa shape index (κ2) is 6.04. The number of benzene rings is 1. The molecule has 1 heterocycles. The van der Waals surface area contributed by atoms with Crippen molar-refractivity contribution in [2.75, 3.05) is 0 Å². The van der Waals surface area contributed by atoms with E-state index in [1.165, 1.54) is 12.3 Å². The van der Waals surface area contributed by atoms with Gasteiger partial charge in [0.1, 0.15) is 11.4 Å². The van der Waals surface area contributed by atoms with Crippen molar-refractivity contribution in [3.63, 3.8) is 0 Å². The molecule has 2 rings (SSSR count). The normalized spacial score (nSPS) is 10.2. The van der Waals surface area contributed by atoms with Gasteiger partial charge in [0.2, 0.25) is 0 Å². The van der Waals surface area contributed by atoms with Crippen molar-refractivity contribution < 1.29 is 9.90 Å². The summed E-state index contributed by atoms with van der Waals surface area (Å²) in [6.07, 6.45) is 1.38. The van der Waals surface area contributed by atoms with Gasteiger partial charge < -0.3 is 10.4 Å². The average Bonchev–Trinajstić information content (AvgIpc) is 2.41. The topological polar surface area (TPSA) is 62.2 Å². The molecule has 2 N–H and O–H groups in total. The molecule has 0 saturated heterocycles. The third kappa shape index (κ3) is 3.68. The molecule has 0 aliphatic rings. The molecule has 0 atom stereocenters. The summed E-state index contributed by atoms with van der Waals surface area (Å²) in [6, 6.07) is 8.48. The predicted molar refractivity (Wildman–Crippen MR) is 76.2 cm³/mol. The van der Waals surface area contributed by atoms with E-state index in [1.807, 2.05) is 12.1 Å². The van der Waals surface area contributed by atoms with Gasteiger partial charge in [0.25, 0.3) is 5.91 Å². The van der Waals surface area contributed by atoms with Crippen LogP contribution in [0.15, 0.2) is 41.0 Å². The highest BCUT2D eigenvalue weighted by Crippen LogP contribution is 2.22. The van der Waals surface area contributed by atoms with Crippen molar-refractivity contribution in [3.05, 3.63) is 57.3 Å². The van der Waals surface area contributed by atoms with Gasteiger partial charge in [-0.3, -0.25) is 4.79 Å². The van der Waals surface area contributed by atoms with Gasteiger partial charge in [-0.1, -0.05) is 23.7 Å². The number of carbonyl (C=O) groups excluding carboxylic acids is 1. The van der Waals surface area contributed by atoms with Crippen molar-refractivity contribution in [1.29, 1.82) is 0 Å². The van der Waals surface area contributed by atoms with Crippen LogP contribution in [0.25, 0.3) is 0 Å². The number of aromatic nitrogens is 1. The predicted octanol–water partition coefficient (Wildman–Crippen LogP) is 3.13. The van der Waals surface area contributed by atoms with Crippen LogP contribution >= 0.6 is 27.5 Å². The molecular formula is C13H10BrClN2O2. The molecule has 1 aromatic carbocycles. The minimum absolute atomic E-state index is 0.0216. The third-order valence-corrected chi connectivity index (χ3v) is 3.30. The van der Waals surface area contributed by atoms with Gasteiger partial charge in [0.15, 0.2) is 0 Å². The first-order valence-corrected chi connectivity index (χ1v) is 6.60. The molecule has 0 unspecified atom stereocenters. The van der Waals surface area contributed by atoms with Gasteiger partial charge >= 0.3 is 0 Å². The van der Waals surface area contributed by atoms with Crippen molar-refractivity contribution in [2.45, 2.75) is 6.54 Å². The van der Waals surface area contributed by atoms with E-state index in [0.717, 1.165) is 5.56 Å². The number of hydrogen-bond donors (Lipinski definition) is 2. The van der Waals surface area contributed by atoms with Gasteiger partial charge in [0, 0.05) is 23.8 Å². The SMILES string of the molecule is O=C(NCc1ccc(Cl)cc1)c1cc(O)c(Br)cn1.